The maximum absolute atomic E-state index is 12.9. The first-order chi connectivity index (χ1) is 17.9. The van der Waals surface area contributed by atoms with Crippen molar-refractivity contribution >= 4 is 23.9 Å². The van der Waals surface area contributed by atoms with Crippen molar-refractivity contribution in [2.45, 2.75) is 50.7 Å². The quantitative estimate of drug-likeness (QED) is 0.494. The van der Waals surface area contributed by atoms with Gasteiger partial charge in [-0.3, -0.25) is 20.2 Å². The molecule has 2 aliphatic heterocycles. The number of amides is 6. The summed E-state index contributed by atoms with van der Waals surface area (Å²) in [5.74, 6) is -0.296. The minimum atomic E-state index is -1.79. The molecule has 1 saturated carbocycles. The van der Waals surface area contributed by atoms with E-state index in [-0.39, 0.29) is 11.9 Å². The number of barbiturate groups is 1. The molecular weight excluding hydrogens is 476 g/mol. The van der Waals surface area contributed by atoms with E-state index in [0.717, 1.165) is 44.3 Å². The molecule has 3 N–H and O–H groups in total. The van der Waals surface area contributed by atoms with Crippen molar-refractivity contribution in [1.29, 1.82) is 0 Å². The Morgan fingerprint density at radius 3 is 1.97 bits per heavy atom. The van der Waals surface area contributed by atoms with E-state index >= 15 is 0 Å². The summed E-state index contributed by atoms with van der Waals surface area (Å²) in [6.07, 6.45) is 5.19. The fourth-order valence-electron chi connectivity index (χ4n) is 4.96. The lowest BCUT2D eigenvalue weighted by Gasteiger charge is -2.41. The molecule has 2 aromatic rings. The van der Waals surface area contributed by atoms with Crippen molar-refractivity contribution in [2.24, 2.45) is 5.92 Å². The standard InChI is InChI=1S/C27H30N4O6/c32-23-27(19-5-2-1-3-6-19,24(33)30-25(34)29-23)37-22-13-11-21(12-14-22)36-20-9-7-18(8-10-20)17-28-26(35)31-15-4-16-31/h7-14,19H,1-6,15-17H2,(H,28,35)(H2,29,30,32,33,34). The molecular formula is C27H30N4O6. The van der Waals surface area contributed by atoms with E-state index in [1.165, 1.54) is 0 Å². The van der Waals surface area contributed by atoms with Gasteiger partial charge in [0.25, 0.3) is 17.4 Å². The molecule has 2 aromatic carbocycles. The molecule has 0 aromatic heterocycles. The number of nitrogens with zero attached hydrogens (tertiary/aromatic N) is 1. The summed E-state index contributed by atoms with van der Waals surface area (Å²) >= 11 is 0. The molecule has 10 nitrogen and oxygen atoms in total. The number of ether oxygens (including phenoxy) is 2. The molecule has 37 heavy (non-hydrogen) atoms. The monoisotopic (exact) mass is 506 g/mol. The number of nitrogens with one attached hydrogen (secondary N) is 3. The zero-order valence-electron chi connectivity index (χ0n) is 20.5. The van der Waals surface area contributed by atoms with Crippen LogP contribution < -0.4 is 25.4 Å². The predicted molar refractivity (Wildman–Crippen MR) is 133 cm³/mol. The molecule has 6 amide bonds. The lowest BCUT2D eigenvalue weighted by molar-refractivity contribution is -0.158. The van der Waals surface area contributed by atoms with Crippen LogP contribution in [-0.4, -0.2) is 47.5 Å². The number of benzene rings is 2. The van der Waals surface area contributed by atoms with E-state index in [1.54, 1.807) is 29.2 Å². The second-order valence-electron chi connectivity index (χ2n) is 9.63. The van der Waals surface area contributed by atoms with Gasteiger partial charge in [-0.2, -0.15) is 0 Å². The zero-order valence-corrected chi connectivity index (χ0v) is 20.5. The van der Waals surface area contributed by atoms with E-state index in [1.807, 2.05) is 24.3 Å². The van der Waals surface area contributed by atoms with Crippen molar-refractivity contribution in [2.75, 3.05) is 13.1 Å². The van der Waals surface area contributed by atoms with E-state index < -0.39 is 23.4 Å². The number of urea groups is 2. The lowest BCUT2D eigenvalue weighted by atomic mass is 9.75. The molecule has 2 saturated heterocycles. The van der Waals surface area contributed by atoms with E-state index in [0.29, 0.717) is 36.6 Å². The van der Waals surface area contributed by atoms with Gasteiger partial charge in [0.15, 0.2) is 0 Å². The van der Waals surface area contributed by atoms with Gasteiger partial charge in [0.05, 0.1) is 0 Å². The first kappa shape index (κ1) is 24.6. The van der Waals surface area contributed by atoms with Gasteiger partial charge < -0.3 is 19.7 Å². The zero-order chi connectivity index (χ0) is 25.8. The number of hydrogen-bond donors (Lipinski definition) is 3. The first-order valence-electron chi connectivity index (χ1n) is 12.7. The molecule has 0 spiro atoms. The molecule has 3 fully saturated rings. The van der Waals surface area contributed by atoms with Crippen LogP contribution in [0.25, 0.3) is 0 Å². The normalized spacial score (nSPS) is 19.4. The van der Waals surface area contributed by atoms with Crippen LogP contribution in [0.15, 0.2) is 48.5 Å². The van der Waals surface area contributed by atoms with Gasteiger partial charge in [0.2, 0.25) is 0 Å². The Labute approximate surface area is 214 Å². The Kier molecular flexibility index (Phi) is 6.98. The first-order valence-corrected chi connectivity index (χ1v) is 12.7. The summed E-state index contributed by atoms with van der Waals surface area (Å²) in [5, 5.41) is 7.32. The third kappa shape index (κ3) is 5.23. The predicted octanol–water partition coefficient (Wildman–Crippen LogP) is 3.46. The summed E-state index contributed by atoms with van der Waals surface area (Å²) in [4.78, 5) is 51.3. The second-order valence-corrected chi connectivity index (χ2v) is 9.63. The fraction of sp³-hybridized carbons (Fsp3) is 0.407. The highest BCUT2D eigenvalue weighted by Crippen LogP contribution is 2.38. The van der Waals surface area contributed by atoms with E-state index in [2.05, 4.69) is 16.0 Å². The Hall–Kier alpha value is -4.08. The molecule has 5 rings (SSSR count). The van der Waals surface area contributed by atoms with Gasteiger partial charge in [0, 0.05) is 25.6 Å². The highest BCUT2D eigenvalue weighted by atomic mass is 16.5. The largest absolute Gasteiger partial charge is 0.467 e. The van der Waals surface area contributed by atoms with Crippen molar-refractivity contribution in [1.82, 2.24) is 20.9 Å². The van der Waals surface area contributed by atoms with Crippen LogP contribution in [0.4, 0.5) is 9.59 Å². The fourth-order valence-corrected chi connectivity index (χ4v) is 4.96. The number of carbonyl (C=O) groups is 4. The molecule has 0 unspecified atom stereocenters. The maximum atomic E-state index is 12.9. The number of imide groups is 2. The third-order valence-corrected chi connectivity index (χ3v) is 7.16. The molecule has 1 aliphatic carbocycles. The van der Waals surface area contributed by atoms with Crippen molar-refractivity contribution < 1.29 is 28.7 Å². The number of hydrogen-bond acceptors (Lipinski definition) is 6. The van der Waals surface area contributed by atoms with Crippen molar-refractivity contribution in [3.63, 3.8) is 0 Å². The topological polar surface area (TPSA) is 126 Å². The van der Waals surface area contributed by atoms with Gasteiger partial charge >= 0.3 is 12.1 Å². The Bertz CT molecular complexity index is 1150. The Morgan fingerprint density at radius 2 is 1.41 bits per heavy atom. The highest BCUT2D eigenvalue weighted by molar-refractivity contribution is 6.22. The number of carbonyl (C=O) groups excluding carboxylic acids is 4. The van der Waals surface area contributed by atoms with Crippen LogP contribution in [0.1, 0.15) is 44.1 Å². The smallest absolute Gasteiger partial charge is 0.328 e. The molecule has 194 valence electrons. The van der Waals surface area contributed by atoms with Crippen LogP contribution in [0.3, 0.4) is 0 Å². The highest BCUT2D eigenvalue weighted by Gasteiger charge is 2.58. The summed E-state index contributed by atoms with van der Waals surface area (Å²) in [6, 6.07) is 13.2. The van der Waals surface area contributed by atoms with Crippen molar-refractivity contribution in [3.8, 4) is 17.2 Å². The number of likely N-dealkylation sites (tertiary alicyclic amines) is 1. The van der Waals surface area contributed by atoms with Gasteiger partial charge in [-0.25, -0.2) is 9.59 Å². The average Bonchev–Trinajstić information content (AvgIpc) is 2.86. The molecule has 0 bridgehead atoms. The SMILES string of the molecule is O=C1NC(=O)C(Oc2ccc(Oc3ccc(CNC(=O)N4CCC4)cc3)cc2)(C2CCCCC2)C(=O)N1. The van der Waals surface area contributed by atoms with Crippen LogP contribution in [0, 0.1) is 5.92 Å². The molecule has 10 heteroatoms. The minimum absolute atomic E-state index is 0.0473. The van der Waals surface area contributed by atoms with Crippen LogP contribution in [0.2, 0.25) is 0 Å². The van der Waals surface area contributed by atoms with Gasteiger partial charge in [-0.05, 0) is 61.2 Å². The summed E-state index contributed by atoms with van der Waals surface area (Å²) < 4.78 is 12.0. The summed E-state index contributed by atoms with van der Waals surface area (Å²) in [6.45, 7) is 2.06. The van der Waals surface area contributed by atoms with Gasteiger partial charge in [0.1, 0.15) is 17.2 Å². The van der Waals surface area contributed by atoms with E-state index in [9.17, 15) is 19.2 Å². The molecule has 0 radical (unpaired) electrons. The average molecular weight is 507 g/mol. The van der Waals surface area contributed by atoms with Gasteiger partial charge in [-0.15, -0.1) is 0 Å². The van der Waals surface area contributed by atoms with Crippen LogP contribution in [-0.2, 0) is 16.1 Å². The van der Waals surface area contributed by atoms with Crippen LogP contribution in [0.5, 0.6) is 17.2 Å². The van der Waals surface area contributed by atoms with E-state index in [4.69, 9.17) is 9.47 Å². The Morgan fingerprint density at radius 1 is 0.838 bits per heavy atom. The summed E-state index contributed by atoms with van der Waals surface area (Å²) in [5.41, 5.74) is -0.835. The molecule has 2 heterocycles. The maximum Gasteiger partial charge on any atom is 0.328 e. The van der Waals surface area contributed by atoms with Crippen molar-refractivity contribution in [3.05, 3.63) is 54.1 Å². The Balaban J connectivity index is 1.23. The molecule has 0 atom stereocenters. The van der Waals surface area contributed by atoms with Crippen LogP contribution >= 0.6 is 0 Å². The molecule has 3 aliphatic rings. The second kappa shape index (κ2) is 10.5. The summed E-state index contributed by atoms with van der Waals surface area (Å²) in [7, 11) is 0. The third-order valence-electron chi connectivity index (χ3n) is 7.16. The number of rotatable bonds is 7. The lowest BCUT2D eigenvalue weighted by Crippen LogP contribution is -2.72. The van der Waals surface area contributed by atoms with Gasteiger partial charge in [-0.1, -0.05) is 31.4 Å². The minimum Gasteiger partial charge on any atom is -0.467 e.